The zero-order valence-electron chi connectivity index (χ0n) is 10.5. The highest BCUT2D eigenvalue weighted by atomic mass is 16.3. The lowest BCUT2D eigenvalue weighted by Crippen LogP contribution is -2.23. The van der Waals surface area contributed by atoms with E-state index in [1.54, 1.807) is 39.7 Å². The summed E-state index contributed by atoms with van der Waals surface area (Å²) in [7, 11) is 0. The van der Waals surface area contributed by atoms with E-state index < -0.39 is 0 Å². The van der Waals surface area contributed by atoms with Gasteiger partial charge in [0.2, 0.25) is 5.89 Å². The molecule has 0 saturated carbocycles. The van der Waals surface area contributed by atoms with Crippen molar-refractivity contribution in [2.45, 2.75) is 20.0 Å². The molecule has 1 aromatic carbocycles. The van der Waals surface area contributed by atoms with Crippen LogP contribution in [0.25, 0.3) is 11.1 Å². The second kappa shape index (κ2) is 4.31. The first kappa shape index (κ1) is 11.6. The van der Waals surface area contributed by atoms with Crippen LogP contribution < -0.4 is 11.4 Å². The molecule has 19 heavy (non-hydrogen) atoms. The van der Waals surface area contributed by atoms with Crippen LogP contribution in [-0.4, -0.2) is 14.1 Å². The summed E-state index contributed by atoms with van der Waals surface area (Å²) >= 11 is 0. The average molecular weight is 258 g/mol. The molecule has 0 aliphatic carbocycles. The Bertz CT molecular complexity index is 781. The van der Waals surface area contributed by atoms with E-state index in [4.69, 9.17) is 10.2 Å². The van der Waals surface area contributed by atoms with E-state index >= 15 is 0 Å². The highest BCUT2D eigenvalue weighted by molar-refractivity contribution is 5.76. The van der Waals surface area contributed by atoms with Crippen molar-refractivity contribution in [3.05, 3.63) is 47.0 Å². The van der Waals surface area contributed by atoms with Gasteiger partial charge in [-0.25, -0.2) is 9.78 Å². The van der Waals surface area contributed by atoms with Crippen molar-refractivity contribution in [1.29, 1.82) is 0 Å². The number of hydrogen-bond donors (Lipinski definition) is 1. The summed E-state index contributed by atoms with van der Waals surface area (Å²) in [5, 5.41) is 0. The molecule has 0 atom stereocenters. The molecule has 0 spiro atoms. The second-order valence-corrected chi connectivity index (χ2v) is 4.33. The molecule has 0 aliphatic heterocycles. The van der Waals surface area contributed by atoms with Gasteiger partial charge in [-0.2, -0.15) is 0 Å². The Kier molecular flexibility index (Phi) is 2.63. The molecule has 0 bridgehead atoms. The Balaban J connectivity index is 1.96. The largest absolute Gasteiger partial charge is 0.439 e. The lowest BCUT2D eigenvalue weighted by Gasteiger charge is -1.96. The van der Waals surface area contributed by atoms with Gasteiger partial charge >= 0.3 is 5.69 Å². The Hall–Kier alpha value is -2.50. The number of hydrogen-bond acceptors (Lipinski definition) is 4. The molecule has 3 rings (SSSR count). The topological polar surface area (TPSA) is 79.0 Å². The molecule has 2 aromatic heterocycles. The summed E-state index contributed by atoms with van der Waals surface area (Å²) in [6.07, 6.45) is 3.48. The Labute approximate surface area is 109 Å². The molecule has 0 unspecified atom stereocenters. The minimum absolute atomic E-state index is 0.0655. The van der Waals surface area contributed by atoms with Gasteiger partial charge in [-0.15, -0.1) is 0 Å². The Morgan fingerprint density at radius 3 is 2.84 bits per heavy atom. The maximum atomic E-state index is 11.9. The number of nitrogens with two attached hydrogens (primary N) is 1. The van der Waals surface area contributed by atoms with Crippen molar-refractivity contribution in [2.24, 2.45) is 0 Å². The number of oxazole rings is 1. The molecule has 0 amide bonds. The summed E-state index contributed by atoms with van der Waals surface area (Å²) in [4.78, 5) is 16.2. The maximum Gasteiger partial charge on any atom is 0.328 e. The molecular weight excluding hydrogens is 244 g/mol. The van der Waals surface area contributed by atoms with Crippen molar-refractivity contribution in [3.8, 4) is 0 Å². The number of anilines is 1. The number of nitrogen functional groups attached to an aromatic ring is 1. The van der Waals surface area contributed by atoms with Crippen molar-refractivity contribution in [1.82, 2.24) is 14.1 Å². The quantitative estimate of drug-likeness (QED) is 0.721. The molecular formula is C13H14N4O2. The van der Waals surface area contributed by atoms with Crippen LogP contribution >= 0.6 is 0 Å². The highest BCUT2D eigenvalue weighted by Crippen LogP contribution is 2.18. The number of nitrogens with zero attached hydrogens (tertiary/aromatic N) is 3. The number of aryl methyl sites for hydroxylation is 1. The van der Waals surface area contributed by atoms with Crippen molar-refractivity contribution < 1.29 is 4.42 Å². The molecule has 2 heterocycles. The molecule has 6 nitrogen and oxygen atoms in total. The van der Waals surface area contributed by atoms with Crippen molar-refractivity contribution in [3.63, 3.8) is 0 Å². The number of aromatic nitrogens is 3. The van der Waals surface area contributed by atoms with Crippen LogP contribution in [0.2, 0.25) is 0 Å². The van der Waals surface area contributed by atoms with Crippen LogP contribution in [0.5, 0.6) is 0 Å². The van der Waals surface area contributed by atoms with E-state index in [-0.39, 0.29) is 5.69 Å². The lowest BCUT2D eigenvalue weighted by atomic mass is 10.3. The number of rotatable bonds is 3. The number of imidazole rings is 1. The van der Waals surface area contributed by atoms with E-state index in [0.717, 1.165) is 0 Å². The minimum Gasteiger partial charge on any atom is -0.439 e. The van der Waals surface area contributed by atoms with Gasteiger partial charge in [0.05, 0.1) is 0 Å². The van der Waals surface area contributed by atoms with Crippen LogP contribution in [0.4, 0.5) is 5.69 Å². The first-order valence-corrected chi connectivity index (χ1v) is 6.08. The molecule has 3 aromatic rings. The minimum atomic E-state index is -0.0655. The molecule has 0 radical (unpaired) electrons. The van der Waals surface area contributed by atoms with Crippen molar-refractivity contribution in [2.75, 3.05) is 5.73 Å². The third-order valence-corrected chi connectivity index (χ3v) is 3.02. The van der Waals surface area contributed by atoms with E-state index in [2.05, 4.69) is 4.98 Å². The van der Waals surface area contributed by atoms with Crippen LogP contribution in [0.3, 0.4) is 0 Å². The maximum absolute atomic E-state index is 11.9. The van der Waals surface area contributed by atoms with Gasteiger partial charge in [-0.3, -0.25) is 9.13 Å². The fraction of sp³-hybridized carbons (Fsp3) is 0.231. The van der Waals surface area contributed by atoms with Crippen LogP contribution in [0, 0.1) is 0 Å². The monoisotopic (exact) mass is 258 g/mol. The van der Waals surface area contributed by atoms with Gasteiger partial charge in [0.15, 0.2) is 5.58 Å². The van der Waals surface area contributed by atoms with Gasteiger partial charge in [0.1, 0.15) is 12.1 Å². The number of fused-ring (bicyclic) bond motifs is 1. The molecule has 6 heteroatoms. The zero-order valence-corrected chi connectivity index (χ0v) is 10.5. The number of benzene rings is 1. The van der Waals surface area contributed by atoms with E-state index in [1.165, 1.54) is 0 Å². The summed E-state index contributed by atoms with van der Waals surface area (Å²) < 4.78 is 8.78. The summed E-state index contributed by atoms with van der Waals surface area (Å²) in [6, 6.07) is 5.29. The third kappa shape index (κ3) is 2.01. The normalized spacial score (nSPS) is 11.2. The van der Waals surface area contributed by atoms with Gasteiger partial charge < -0.3 is 10.2 Å². The molecule has 2 N–H and O–H groups in total. The highest BCUT2D eigenvalue weighted by Gasteiger charge is 2.09. The fourth-order valence-corrected chi connectivity index (χ4v) is 2.02. The van der Waals surface area contributed by atoms with Gasteiger partial charge in [0.25, 0.3) is 0 Å². The zero-order chi connectivity index (χ0) is 13.4. The SMILES string of the molecule is CCn1ccn(Cc2nc3cc(N)ccc3o2)c1=O. The first-order chi connectivity index (χ1) is 9.17. The van der Waals surface area contributed by atoms with Gasteiger partial charge in [0, 0.05) is 24.6 Å². The summed E-state index contributed by atoms with van der Waals surface area (Å²) in [5.41, 5.74) is 7.65. The standard InChI is InChI=1S/C13H14N4O2/c1-2-16-5-6-17(13(16)18)8-12-15-10-7-9(14)3-4-11(10)19-12/h3-7H,2,8,14H2,1H3. The van der Waals surface area contributed by atoms with Gasteiger partial charge in [-0.1, -0.05) is 0 Å². The summed E-state index contributed by atoms with van der Waals surface area (Å²) in [5.74, 6) is 0.497. The fourth-order valence-electron chi connectivity index (χ4n) is 2.02. The Morgan fingerprint density at radius 1 is 1.32 bits per heavy atom. The Morgan fingerprint density at radius 2 is 2.11 bits per heavy atom. The van der Waals surface area contributed by atoms with E-state index in [0.29, 0.717) is 35.8 Å². The predicted molar refractivity (Wildman–Crippen MR) is 71.9 cm³/mol. The molecule has 0 saturated heterocycles. The van der Waals surface area contributed by atoms with Gasteiger partial charge in [-0.05, 0) is 25.1 Å². The van der Waals surface area contributed by atoms with Crippen molar-refractivity contribution >= 4 is 16.8 Å². The van der Waals surface area contributed by atoms with E-state index in [1.807, 2.05) is 6.92 Å². The van der Waals surface area contributed by atoms with Crippen LogP contribution in [-0.2, 0) is 13.1 Å². The molecule has 0 aliphatic rings. The van der Waals surface area contributed by atoms with Crippen LogP contribution in [0.15, 0.2) is 39.8 Å². The average Bonchev–Trinajstić information content (AvgIpc) is 2.93. The summed E-state index contributed by atoms with van der Waals surface area (Å²) in [6.45, 7) is 2.89. The third-order valence-electron chi connectivity index (χ3n) is 3.02. The molecule has 0 fully saturated rings. The lowest BCUT2D eigenvalue weighted by molar-refractivity contribution is 0.500. The predicted octanol–water partition coefficient (Wildman–Crippen LogP) is 1.44. The van der Waals surface area contributed by atoms with Crippen LogP contribution in [0.1, 0.15) is 12.8 Å². The smallest absolute Gasteiger partial charge is 0.328 e. The van der Waals surface area contributed by atoms with E-state index in [9.17, 15) is 4.79 Å². The molecule has 98 valence electrons. The first-order valence-electron chi connectivity index (χ1n) is 6.08. The second-order valence-electron chi connectivity index (χ2n) is 4.33.